The van der Waals surface area contributed by atoms with E-state index in [1.54, 1.807) is 24.9 Å². The molecule has 1 aliphatic heterocycles. The first-order chi connectivity index (χ1) is 13.1. The van der Waals surface area contributed by atoms with Crippen LogP contribution < -0.4 is 24.5 Å². The highest BCUT2D eigenvalue weighted by atomic mass is 16.7. The van der Waals surface area contributed by atoms with Gasteiger partial charge in [0.25, 0.3) is 5.56 Å². The van der Waals surface area contributed by atoms with Crippen LogP contribution >= 0.6 is 0 Å². The maximum atomic E-state index is 13.1. The van der Waals surface area contributed by atoms with E-state index in [1.165, 1.54) is 5.56 Å². The van der Waals surface area contributed by atoms with Gasteiger partial charge in [-0.25, -0.2) is 0 Å². The number of nitrogens with zero attached hydrogens (tertiary/aromatic N) is 1. The van der Waals surface area contributed by atoms with E-state index in [4.69, 9.17) is 18.9 Å². The Labute approximate surface area is 155 Å². The van der Waals surface area contributed by atoms with Gasteiger partial charge in [0.1, 0.15) is 0 Å². The van der Waals surface area contributed by atoms with Crippen LogP contribution in [0.15, 0.2) is 29.1 Å². The smallest absolute Gasteiger partial charge is 0.258 e. The fourth-order valence-corrected chi connectivity index (χ4v) is 4.19. The number of ether oxygens (including phenoxy) is 4. The molecule has 0 fully saturated rings. The van der Waals surface area contributed by atoms with Crippen molar-refractivity contribution < 1.29 is 18.9 Å². The molecule has 0 unspecified atom stereocenters. The third-order valence-corrected chi connectivity index (χ3v) is 5.50. The van der Waals surface area contributed by atoms with Crippen LogP contribution in [0.1, 0.15) is 11.1 Å². The van der Waals surface area contributed by atoms with Gasteiger partial charge in [-0.2, -0.15) is 0 Å². The Bertz CT molecular complexity index is 1160. The number of pyridine rings is 1. The van der Waals surface area contributed by atoms with E-state index in [0.29, 0.717) is 16.9 Å². The molecule has 0 saturated carbocycles. The maximum Gasteiger partial charge on any atom is 0.258 e. The third kappa shape index (κ3) is 2.16. The van der Waals surface area contributed by atoms with E-state index >= 15 is 0 Å². The lowest BCUT2D eigenvalue weighted by Crippen LogP contribution is -2.23. The van der Waals surface area contributed by atoms with Gasteiger partial charge in [-0.1, -0.05) is 0 Å². The quantitative estimate of drug-likeness (QED) is 0.699. The molecule has 2 aromatic carbocycles. The molecule has 27 heavy (non-hydrogen) atoms. The average molecular weight is 365 g/mol. The SMILES string of the molecule is COc1cc2c3c(n(C)c(=O)c2cc1OC)-c1cc2c(cc1CC3)OCO2. The number of aromatic nitrogens is 1. The minimum Gasteiger partial charge on any atom is -0.493 e. The number of methoxy groups -OCH3 is 2. The maximum absolute atomic E-state index is 13.1. The summed E-state index contributed by atoms with van der Waals surface area (Å²) in [5.41, 5.74) is 4.20. The monoisotopic (exact) mass is 365 g/mol. The number of rotatable bonds is 2. The summed E-state index contributed by atoms with van der Waals surface area (Å²) in [6.45, 7) is 0.235. The van der Waals surface area contributed by atoms with Gasteiger partial charge in [0, 0.05) is 12.6 Å². The van der Waals surface area contributed by atoms with Gasteiger partial charge < -0.3 is 23.5 Å². The molecular formula is C21H19NO5. The first-order valence-corrected chi connectivity index (χ1v) is 8.83. The van der Waals surface area contributed by atoms with Crippen molar-refractivity contribution in [1.82, 2.24) is 4.57 Å². The second-order valence-electron chi connectivity index (χ2n) is 6.81. The Morgan fingerprint density at radius 2 is 1.59 bits per heavy atom. The van der Waals surface area contributed by atoms with E-state index in [1.807, 2.05) is 25.2 Å². The van der Waals surface area contributed by atoms with Gasteiger partial charge in [0.05, 0.1) is 25.3 Å². The zero-order chi connectivity index (χ0) is 18.7. The second kappa shape index (κ2) is 5.67. The molecule has 0 radical (unpaired) electrons. The molecular weight excluding hydrogens is 346 g/mol. The highest BCUT2D eigenvalue weighted by Crippen LogP contribution is 2.44. The van der Waals surface area contributed by atoms with Crippen molar-refractivity contribution in [3.63, 3.8) is 0 Å². The first-order valence-electron chi connectivity index (χ1n) is 8.83. The lowest BCUT2D eigenvalue weighted by Gasteiger charge is -2.25. The predicted molar refractivity (Wildman–Crippen MR) is 101 cm³/mol. The normalized spacial score (nSPS) is 14.0. The van der Waals surface area contributed by atoms with E-state index in [2.05, 4.69) is 0 Å². The zero-order valence-electron chi connectivity index (χ0n) is 15.4. The predicted octanol–water partition coefficient (Wildman–Crippen LogP) is 3.05. The van der Waals surface area contributed by atoms with Gasteiger partial charge in [-0.05, 0) is 53.6 Å². The van der Waals surface area contributed by atoms with Crippen molar-refractivity contribution in [3.05, 3.63) is 45.7 Å². The Kier molecular flexibility index (Phi) is 3.37. The Hall–Kier alpha value is -3.15. The van der Waals surface area contributed by atoms with Crippen molar-refractivity contribution >= 4 is 10.8 Å². The lowest BCUT2D eigenvalue weighted by atomic mass is 9.85. The summed E-state index contributed by atoms with van der Waals surface area (Å²) in [7, 11) is 5.00. The van der Waals surface area contributed by atoms with Crippen molar-refractivity contribution in [2.45, 2.75) is 12.8 Å². The van der Waals surface area contributed by atoms with Crippen LogP contribution in [-0.4, -0.2) is 25.6 Å². The van der Waals surface area contributed by atoms with Crippen LogP contribution in [0.5, 0.6) is 23.0 Å². The molecule has 2 aliphatic rings. The number of fused-ring (bicyclic) bond motifs is 6. The molecule has 0 spiro atoms. The molecule has 3 aromatic rings. The molecule has 6 nitrogen and oxygen atoms in total. The topological polar surface area (TPSA) is 58.9 Å². The molecule has 2 heterocycles. The lowest BCUT2D eigenvalue weighted by molar-refractivity contribution is 0.174. The van der Waals surface area contributed by atoms with Crippen LogP contribution in [0.2, 0.25) is 0 Å². The Morgan fingerprint density at radius 1 is 0.926 bits per heavy atom. The number of hydrogen-bond donors (Lipinski definition) is 0. The van der Waals surface area contributed by atoms with Crippen LogP contribution in [0.25, 0.3) is 22.0 Å². The summed E-state index contributed by atoms with van der Waals surface area (Å²) in [5, 5.41) is 1.55. The summed E-state index contributed by atoms with van der Waals surface area (Å²) < 4.78 is 23.6. The molecule has 1 aromatic heterocycles. The fraction of sp³-hybridized carbons (Fsp3) is 0.286. The molecule has 6 heteroatoms. The average Bonchev–Trinajstić information content (AvgIpc) is 3.15. The van der Waals surface area contributed by atoms with E-state index in [9.17, 15) is 4.79 Å². The molecule has 5 rings (SSSR count). The van der Waals surface area contributed by atoms with Gasteiger partial charge in [-0.3, -0.25) is 4.79 Å². The van der Waals surface area contributed by atoms with Gasteiger partial charge in [0.15, 0.2) is 23.0 Å². The Morgan fingerprint density at radius 3 is 2.30 bits per heavy atom. The second-order valence-corrected chi connectivity index (χ2v) is 6.81. The highest BCUT2D eigenvalue weighted by Gasteiger charge is 2.27. The van der Waals surface area contributed by atoms with E-state index in [-0.39, 0.29) is 12.4 Å². The first kappa shape index (κ1) is 16.1. The van der Waals surface area contributed by atoms with Crippen molar-refractivity contribution in [1.29, 1.82) is 0 Å². The number of hydrogen-bond acceptors (Lipinski definition) is 5. The van der Waals surface area contributed by atoms with Crippen LogP contribution in [-0.2, 0) is 19.9 Å². The minimum absolute atomic E-state index is 0.0600. The van der Waals surface area contributed by atoms with Crippen molar-refractivity contribution in [2.24, 2.45) is 7.05 Å². The molecule has 0 N–H and O–H groups in total. The number of benzene rings is 2. The van der Waals surface area contributed by atoms with E-state index < -0.39 is 0 Å². The fourth-order valence-electron chi connectivity index (χ4n) is 4.19. The summed E-state index contributed by atoms with van der Waals surface area (Å²) in [5.74, 6) is 2.68. The van der Waals surface area contributed by atoms with Gasteiger partial charge in [0.2, 0.25) is 6.79 Å². The summed E-state index contributed by atoms with van der Waals surface area (Å²) in [6, 6.07) is 7.70. The molecule has 138 valence electrons. The van der Waals surface area contributed by atoms with Crippen LogP contribution in [0, 0.1) is 0 Å². The molecule has 1 aliphatic carbocycles. The standard InChI is InChI=1S/C21H19NO5/c1-22-20-12(5-4-11-6-18-19(7-13(11)20)27-10-26-18)14-8-16(24-2)17(25-3)9-15(14)21(22)23/h6-9H,4-5,10H2,1-3H3. The van der Waals surface area contributed by atoms with Crippen LogP contribution in [0.4, 0.5) is 0 Å². The molecule has 0 atom stereocenters. The van der Waals surface area contributed by atoms with Crippen molar-refractivity contribution in [3.8, 4) is 34.3 Å². The van der Waals surface area contributed by atoms with Crippen LogP contribution in [0.3, 0.4) is 0 Å². The Balaban J connectivity index is 1.87. The third-order valence-electron chi connectivity index (χ3n) is 5.50. The van der Waals surface area contributed by atoms with Crippen molar-refractivity contribution in [2.75, 3.05) is 21.0 Å². The minimum atomic E-state index is -0.0600. The van der Waals surface area contributed by atoms with Gasteiger partial charge >= 0.3 is 0 Å². The number of aryl methyl sites for hydroxylation is 2. The zero-order valence-corrected chi connectivity index (χ0v) is 15.4. The van der Waals surface area contributed by atoms with Gasteiger partial charge in [-0.15, -0.1) is 0 Å². The van der Waals surface area contributed by atoms with E-state index in [0.717, 1.165) is 46.5 Å². The largest absolute Gasteiger partial charge is 0.493 e. The summed E-state index contributed by atoms with van der Waals surface area (Å²) in [4.78, 5) is 13.1. The molecule has 0 amide bonds. The molecule has 0 bridgehead atoms. The summed E-state index contributed by atoms with van der Waals surface area (Å²) in [6.07, 6.45) is 1.71. The highest BCUT2D eigenvalue weighted by molar-refractivity contribution is 5.94. The summed E-state index contributed by atoms with van der Waals surface area (Å²) >= 11 is 0. The molecule has 0 saturated heterocycles.